The minimum atomic E-state index is -5.31. The van der Waals surface area contributed by atoms with Gasteiger partial charge in [0.05, 0.1) is 26.8 Å². The van der Waals surface area contributed by atoms with Gasteiger partial charge in [-0.1, -0.05) is 12.1 Å². The van der Waals surface area contributed by atoms with Crippen LogP contribution in [0.3, 0.4) is 0 Å². The second-order valence-corrected chi connectivity index (χ2v) is 16.0. The molecule has 7 nitrogen and oxygen atoms in total. The highest BCUT2D eigenvalue weighted by atomic mass is 127. The zero-order chi connectivity index (χ0) is 32.3. The van der Waals surface area contributed by atoms with E-state index in [0.717, 1.165) is 6.07 Å². The third kappa shape index (κ3) is 6.06. The molecule has 6 aromatic rings. The molecule has 231 valence electrons. The molecule has 2 aromatic heterocycles. The molecule has 0 unspecified atom stereocenters. The average Bonchev–Trinajstić information content (AvgIpc) is 2.98. The number of benzene rings is 4. The number of rotatable bonds is 5. The largest absolute Gasteiger partial charge is 0.456 e. The minimum Gasteiger partial charge on any atom is -0.456 e. The Morgan fingerprint density at radius 3 is 1.91 bits per heavy atom. The third-order valence-corrected chi connectivity index (χ3v) is 13.7. The highest BCUT2D eigenvalue weighted by Crippen LogP contribution is 2.37. The number of fused-ring (bicyclic) bond motifs is 3. The Morgan fingerprint density at radius 2 is 1.22 bits per heavy atom. The molecule has 0 aliphatic heterocycles. The van der Waals surface area contributed by atoms with Crippen LogP contribution in [0.1, 0.15) is 11.1 Å². The molecule has 0 amide bonds. The monoisotopic (exact) mass is 760 g/mol. The molecule has 0 saturated carbocycles. The second kappa shape index (κ2) is 11.0. The van der Waals surface area contributed by atoms with Gasteiger partial charge >= 0.3 is 48.3 Å². The number of hydrogen-bond donors (Lipinski definition) is 0. The van der Waals surface area contributed by atoms with Gasteiger partial charge in [-0.15, -0.1) is 0 Å². The molecule has 0 N–H and O–H groups in total. The Labute approximate surface area is 255 Å². The molecule has 0 aliphatic carbocycles. The Bertz CT molecular complexity index is 2330. The normalized spacial score (nSPS) is 12.9. The predicted octanol–water partition coefficient (Wildman–Crippen LogP) is 4.07. The van der Waals surface area contributed by atoms with E-state index in [1.54, 1.807) is 18.2 Å². The lowest BCUT2D eigenvalue weighted by atomic mass is 10.1. The number of alkyl halides is 6. The summed E-state index contributed by atoms with van der Waals surface area (Å²) in [6.45, 7) is 0. The van der Waals surface area contributed by atoms with Gasteiger partial charge < -0.3 is 8.83 Å². The van der Waals surface area contributed by atoms with Crippen molar-refractivity contribution in [1.82, 2.24) is 0 Å². The molecule has 45 heavy (non-hydrogen) atoms. The summed E-state index contributed by atoms with van der Waals surface area (Å²) in [7, 11) is -5.31. The molecule has 0 aliphatic rings. The van der Waals surface area contributed by atoms with Crippen LogP contribution in [0.5, 0.6) is 0 Å². The van der Waals surface area contributed by atoms with E-state index in [1.807, 2.05) is 0 Å². The van der Waals surface area contributed by atoms with Gasteiger partial charge in [0.2, 0.25) is 5.43 Å². The van der Waals surface area contributed by atoms with E-state index < -0.39 is 69.8 Å². The molecule has 0 fully saturated rings. The third-order valence-electron chi connectivity index (χ3n) is 6.52. The summed E-state index contributed by atoms with van der Waals surface area (Å²) >= 11 is -3.91. The summed E-state index contributed by atoms with van der Waals surface area (Å²) in [5.41, 5.74) is -4.44. The lowest BCUT2D eigenvalue weighted by Gasteiger charge is -2.14. The summed E-state index contributed by atoms with van der Waals surface area (Å²) in [5, 5.41) is 0.683. The molecule has 0 bridgehead atoms. The highest BCUT2D eigenvalue weighted by molar-refractivity contribution is 7.86. The second-order valence-electron chi connectivity index (χ2n) is 9.51. The van der Waals surface area contributed by atoms with Crippen LogP contribution in [-0.4, -0.2) is 8.42 Å². The Kier molecular flexibility index (Phi) is 7.52. The van der Waals surface area contributed by atoms with Crippen LogP contribution in [0.2, 0.25) is 0 Å². The fraction of sp³-hybridized carbons (Fsp3) is 0.0667. The average molecular weight is 760 g/mol. The van der Waals surface area contributed by atoms with Gasteiger partial charge in [0.25, 0.3) is 0 Å². The van der Waals surface area contributed by atoms with Crippen LogP contribution in [0.25, 0.3) is 32.9 Å². The van der Waals surface area contributed by atoms with E-state index in [-0.39, 0.29) is 52.9 Å². The van der Waals surface area contributed by atoms with Crippen LogP contribution in [0, 0.1) is 7.14 Å². The Hall–Kier alpha value is -4.22. The summed E-state index contributed by atoms with van der Waals surface area (Å²) < 4.78 is 125. The SMILES string of the molecule is O=c1ccc2ccc([I+](OS(=O)(=O)c3cc(C(F)(F)F)cc(C(F)(F)F)c3)c3ccc4oc5ccccc5c(=O)c4c3)cc2o1. The van der Waals surface area contributed by atoms with Crippen molar-refractivity contribution in [3.8, 4) is 0 Å². The lowest BCUT2D eigenvalue weighted by molar-refractivity contribution is -1.03. The molecule has 0 spiro atoms. The molecule has 15 heteroatoms. The van der Waals surface area contributed by atoms with Gasteiger partial charge in [0.15, 0.2) is 7.14 Å². The molecule has 0 saturated heterocycles. The predicted molar refractivity (Wildman–Crippen MR) is 145 cm³/mol. The number of halogens is 7. The van der Waals surface area contributed by atoms with Crippen molar-refractivity contribution in [3.05, 3.63) is 130 Å². The van der Waals surface area contributed by atoms with Gasteiger partial charge in [-0.3, -0.25) is 4.79 Å². The Morgan fingerprint density at radius 1 is 0.622 bits per heavy atom. The van der Waals surface area contributed by atoms with Crippen LogP contribution < -0.4 is 31.3 Å². The summed E-state index contributed by atoms with van der Waals surface area (Å²) in [6.07, 6.45) is -10.6. The topological polar surface area (TPSA) is 104 Å². The van der Waals surface area contributed by atoms with Crippen LogP contribution in [-0.2, 0) is 25.0 Å². The van der Waals surface area contributed by atoms with E-state index in [1.165, 1.54) is 48.5 Å². The van der Waals surface area contributed by atoms with Crippen molar-refractivity contribution in [2.45, 2.75) is 17.2 Å². The number of hydrogen-bond acceptors (Lipinski definition) is 7. The Balaban J connectivity index is 1.55. The highest BCUT2D eigenvalue weighted by Gasteiger charge is 2.42. The van der Waals surface area contributed by atoms with Gasteiger partial charge in [-0.2, -0.15) is 34.8 Å². The van der Waals surface area contributed by atoms with Gasteiger partial charge in [0.1, 0.15) is 16.7 Å². The van der Waals surface area contributed by atoms with Gasteiger partial charge in [0, 0.05) is 23.6 Å². The zero-order valence-electron chi connectivity index (χ0n) is 22.1. The van der Waals surface area contributed by atoms with E-state index >= 15 is 0 Å². The first-order valence-electron chi connectivity index (χ1n) is 12.5. The maximum absolute atomic E-state index is 13.5. The van der Waals surface area contributed by atoms with Crippen molar-refractivity contribution < 1.29 is 66.3 Å². The van der Waals surface area contributed by atoms with Crippen molar-refractivity contribution in [2.75, 3.05) is 0 Å². The zero-order valence-corrected chi connectivity index (χ0v) is 25.0. The van der Waals surface area contributed by atoms with Crippen molar-refractivity contribution >= 4 is 43.0 Å². The molecule has 0 atom stereocenters. The van der Waals surface area contributed by atoms with Crippen LogP contribution >= 0.6 is 0 Å². The number of para-hydroxylation sites is 1. The first kappa shape index (κ1) is 30.8. The standard InChI is InChI=1S/C30H15F6IO7S/c31-29(32,33)17-11-18(30(34,35)36)13-21(12-17)45(40,41)44-37(20-7-5-16-6-10-27(38)43-26(16)15-20)19-8-9-25-23(14-19)28(39)22-3-1-2-4-24(22)42-25/h1-15H/q+1. The van der Waals surface area contributed by atoms with E-state index in [4.69, 9.17) is 11.3 Å². The lowest BCUT2D eigenvalue weighted by Crippen LogP contribution is -3.85. The molecule has 1 radical (unpaired) electrons. The maximum atomic E-state index is 13.5. The fourth-order valence-corrected chi connectivity index (χ4v) is 11.5. The molecular weight excluding hydrogens is 745 g/mol. The quantitative estimate of drug-likeness (QED) is 0.113. The van der Waals surface area contributed by atoms with Gasteiger partial charge in [-0.05, 0) is 63.2 Å². The van der Waals surface area contributed by atoms with E-state index in [2.05, 4.69) is 0 Å². The van der Waals surface area contributed by atoms with E-state index in [0.29, 0.717) is 5.39 Å². The molecule has 2 heterocycles. The maximum Gasteiger partial charge on any atom is 0.416 e. The summed E-state index contributed by atoms with van der Waals surface area (Å²) in [4.78, 5) is 23.8. The van der Waals surface area contributed by atoms with E-state index in [9.17, 15) is 44.3 Å². The minimum absolute atomic E-state index is 0.0213. The first-order chi connectivity index (χ1) is 21.1. The molecule has 4 aromatic carbocycles. The molecular formula is C30H15F6IO7S+. The smallest absolute Gasteiger partial charge is 0.416 e. The molecule has 6 rings (SSSR count). The van der Waals surface area contributed by atoms with Crippen molar-refractivity contribution in [3.63, 3.8) is 0 Å². The van der Waals surface area contributed by atoms with Gasteiger partial charge in [-0.25, -0.2) is 4.79 Å². The first-order valence-corrected chi connectivity index (χ1v) is 17.0. The van der Waals surface area contributed by atoms with Crippen molar-refractivity contribution in [2.24, 2.45) is 0 Å². The summed E-state index contributed by atoms with van der Waals surface area (Å²) in [6, 6.07) is 17.1. The van der Waals surface area contributed by atoms with Crippen LogP contribution in [0.4, 0.5) is 26.3 Å². The fourth-order valence-electron chi connectivity index (χ4n) is 4.41. The summed E-state index contributed by atoms with van der Waals surface area (Å²) in [5.74, 6) is 0. The van der Waals surface area contributed by atoms with Crippen LogP contribution in [0.15, 0.2) is 114 Å². The van der Waals surface area contributed by atoms with Crippen molar-refractivity contribution in [1.29, 1.82) is 0 Å².